The summed E-state index contributed by atoms with van der Waals surface area (Å²) in [4.78, 5) is 15.2. The van der Waals surface area contributed by atoms with Crippen molar-refractivity contribution in [3.8, 4) is 0 Å². The van der Waals surface area contributed by atoms with E-state index in [0.29, 0.717) is 0 Å². The summed E-state index contributed by atoms with van der Waals surface area (Å²) in [7, 11) is 1.88. The first-order chi connectivity index (χ1) is 5.75. The van der Waals surface area contributed by atoms with Crippen LogP contribution in [-0.2, 0) is 0 Å². The Bertz CT molecular complexity index is 159. The van der Waals surface area contributed by atoms with Crippen LogP contribution >= 0.6 is 0 Å². The van der Waals surface area contributed by atoms with Crippen molar-refractivity contribution in [1.29, 1.82) is 0 Å². The molecule has 0 radical (unpaired) electrons. The van der Waals surface area contributed by atoms with Crippen molar-refractivity contribution in [3.63, 3.8) is 0 Å². The normalized spacial score (nSPS) is 18.7. The molecule has 0 aromatic carbocycles. The highest BCUT2D eigenvalue weighted by atomic mass is 16.2. The van der Waals surface area contributed by atoms with Gasteiger partial charge in [0, 0.05) is 26.7 Å². The van der Waals surface area contributed by atoms with Gasteiger partial charge in [0.05, 0.1) is 0 Å². The summed E-state index contributed by atoms with van der Waals surface area (Å²) in [5.41, 5.74) is 0. The van der Waals surface area contributed by atoms with Gasteiger partial charge in [0.1, 0.15) is 0 Å². The fraction of sp³-hybridized carbons (Fsp3) is 0.889. The molecule has 1 heterocycles. The number of hydrogen-bond acceptors (Lipinski definition) is 1. The molecule has 2 amide bonds. The molecule has 3 heteroatoms. The molecule has 1 rings (SSSR count). The van der Waals surface area contributed by atoms with Gasteiger partial charge in [0.25, 0.3) is 0 Å². The largest absolute Gasteiger partial charge is 0.328 e. The van der Waals surface area contributed by atoms with E-state index in [1.807, 2.05) is 11.9 Å². The summed E-state index contributed by atoms with van der Waals surface area (Å²) in [6.07, 6.45) is 3.40. The number of amides is 2. The Labute approximate surface area is 74.3 Å². The molecule has 0 spiro atoms. The van der Waals surface area contributed by atoms with Crippen LogP contribution in [0.1, 0.15) is 26.2 Å². The number of carbonyl (C=O) groups excluding carboxylic acids is 1. The predicted molar refractivity (Wildman–Crippen MR) is 49.1 cm³/mol. The SMILES string of the molecule is CCCCN1CCCN(C)C1=O. The lowest BCUT2D eigenvalue weighted by Gasteiger charge is -2.33. The Morgan fingerprint density at radius 3 is 2.83 bits per heavy atom. The average molecular weight is 170 g/mol. The van der Waals surface area contributed by atoms with Gasteiger partial charge in [-0.2, -0.15) is 0 Å². The third-order valence-electron chi connectivity index (χ3n) is 2.30. The smallest absolute Gasteiger partial charge is 0.319 e. The minimum Gasteiger partial charge on any atom is -0.328 e. The van der Waals surface area contributed by atoms with Crippen molar-refractivity contribution in [2.75, 3.05) is 26.7 Å². The molecule has 0 aromatic heterocycles. The van der Waals surface area contributed by atoms with E-state index in [1.165, 1.54) is 0 Å². The Morgan fingerprint density at radius 2 is 2.17 bits per heavy atom. The average Bonchev–Trinajstić information content (AvgIpc) is 2.08. The van der Waals surface area contributed by atoms with E-state index in [2.05, 4.69) is 6.92 Å². The molecule has 12 heavy (non-hydrogen) atoms. The highest BCUT2D eigenvalue weighted by Gasteiger charge is 2.21. The van der Waals surface area contributed by atoms with Crippen LogP contribution in [0, 0.1) is 0 Å². The first-order valence-electron chi connectivity index (χ1n) is 4.75. The fourth-order valence-corrected chi connectivity index (χ4v) is 1.49. The van der Waals surface area contributed by atoms with Crippen LogP contribution in [0.3, 0.4) is 0 Å². The fourth-order valence-electron chi connectivity index (χ4n) is 1.49. The summed E-state index contributed by atoms with van der Waals surface area (Å²) in [6, 6.07) is 0.203. The third kappa shape index (κ3) is 2.13. The monoisotopic (exact) mass is 170 g/mol. The molecule has 0 N–H and O–H groups in total. The molecule has 0 aromatic rings. The highest BCUT2D eigenvalue weighted by Crippen LogP contribution is 2.07. The first kappa shape index (κ1) is 9.36. The van der Waals surface area contributed by atoms with Crippen molar-refractivity contribution in [2.24, 2.45) is 0 Å². The summed E-state index contributed by atoms with van der Waals surface area (Å²) < 4.78 is 0. The van der Waals surface area contributed by atoms with Gasteiger partial charge in [-0.1, -0.05) is 13.3 Å². The zero-order valence-corrected chi connectivity index (χ0v) is 8.05. The van der Waals surface area contributed by atoms with E-state index in [-0.39, 0.29) is 6.03 Å². The summed E-state index contributed by atoms with van der Waals surface area (Å²) >= 11 is 0. The van der Waals surface area contributed by atoms with Crippen molar-refractivity contribution < 1.29 is 4.79 Å². The number of carbonyl (C=O) groups is 1. The van der Waals surface area contributed by atoms with Gasteiger partial charge in [-0.05, 0) is 12.8 Å². The topological polar surface area (TPSA) is 23.6 Å². The van der Waals surface area contributed by atoms with Gasteiger partial charge < -0.3 is 9.80 Å². The molecule has 70 valence electrons. The number of urea groups is 1. The molecule has 1 aliphatic heterocycles. The third-order valence-corrected chi connectivity index (χ3v) is 2.30. The predicted octanol–water partition coefficient (Wildman–Crippen LogP) is 1.54. The van der Waals surface area contributed by atoms with Crippen molar-refractivity contribution in [1.82, 2.24) is 9.80 Å². The minimum absolute atomic E-state index is 0.203. The van der Waals surface area contributed by atoms with Gasteiger partial charge in [0.15, 0.2) is 0 Å². The number of nitrogens with zero attached hydrogens (tertiary/aromatic N) is 2. The van der Waals surface area contributed by atoms with E-state index >= 15 is 0 Å². The van der Waals surface area contributed by atoms with Gasteiger partial charge in [-0.15, -0.1) is 0 Å². The Kier molecular flexibility index (Phi) is 3.38. The zero-order valence-electron chi connectivity index (χ0n) is 8.05. The lowest BCUT2D eigenvalue weighted by Crippen LogP contribution is -2.47. The first-order valence-corrected chi connectivity index (χ1v) is 4.75. The molecule has 0 aliphatic carbocycles. The Balaban J connectivity index is 2.36. The maximum atomic E-state index is 11.5. The molecule has 0 unspecified atom stereocenters. The molecule has 0 atom stereocenters. The second-order valence-corrected chi connectivity index (χ2v) is 3.40. The van der Waals surface area contributed by atoms with Gasteiger partial charge in [-0.3, -0.25) is 0 Å². The van der Waals surface area contributed by atoms with E-state index in [9.17, 15) is 4.79 Å². The lowest BCUT2D eigenvalue weighted by atomic mass is 10.2. The quantitative estimate of drug-likeness (QED) is 0.630. The van der Waals surface area contributed by atoms with Gasteiger partial charge in [0.2, 0.25) is 0 Å². The van der Waals surface area contributed by atoms with Crippen LogP contribution in [0.15, 0.2) is 0 Å². The Hall–Kier alpha value is -0.730. The molecule has 0 bridgehead atoms. The standard InChI is InChI=1S/C9H18N2O/c1-3-4-7-11-8-5-6-10(2)9(11)12/h3-8H2,1-2H3. The molecule has 0 saturated carbocycles. The van der Waals surface area contributed by atoms with E-state index in [4.69, 9.17) is 0 Å². The van der Waals surface area contributed by atoms with E-state index in [1.54, 1.807) is 4.90 Å². The van der Waals surface area contributed by atoms with Crippen molar-refractivity contribution in [3.05, 3.63) is 0 Å². The van der Waals surface area contributed by atoms with E-state index in [0.717, 1.165) is 38.9 Å². The summed E-state index contributed by atoms with van der Waals surface area (Å²) in [6.45, 7) is 4.95. The molecular weight excluding hydrogens is 152 g/mol. The Morgan fingerprint density at radius 1 is 1.42 bits per heavy atom. The van der Waals surface area contributed by atoms with Gasteiger partial charge >= 0.3 is 6.03 Å². The van der Waals surface area contributed by atoms with Crippen LogP contribution in [-0.4, -0.2) is 42.5 Å². The van der Waals surface area contributed by atoms with Gasteiger partial charge in [-0.25, -0.2) is 4.79 Å². The zero-order chi connectivity index (χ0) is 8.97. The van der Waals surface area contributed by atoms with Crippen LogP contribution in [0.2, 0.25) is 0 Å². The highest BCUT2D eigenvalue weighted by molar-refractivity contribution is 5.74. The minimum atomic E-state index is 0.203. The summed E-state index contributed by atoms with van der Waals surface area (Å²) in [5.74, 6) is 0. The molecular formula is C9H18N2O. The van der Waals surface area contributed by atoms with Crippen LogP contribution < -0.4 is 0 Å². The van der Waals surface area contributed by atoms with E-state index < -0.39 is 0 Å². The molecule has 1 aliphatic rings. The maximum absolute atomic E-state index is 11.5. The molecule has 1 fully saturated rings. The maximum Gasteiger partial charge on any atom is 0.319 e. The van der Waals surface area contributed by atoms with Crippen molar-refractivity contribution >= 4 is 6.03 Å². The van der Waals surface area contributed by atoms with Crippen molar-refractivity contribution in [2.45, 2.75) is 26.2 Å². The number of hydrogen-bond donors (Lipinski definition) is 0. The lowest BCUT2D eigenvalue weighted by molar-refractivity contribution is 0.140. The summed E-state index contributed by atoms with van der Waals surface area (Å²) in [5, 5.41) is 0. The second kappa shape index (κ2) is 4.33. The molecule has 1 saturated heterocycles. The second-order valence-electron chi connectivity index (χ2n) is 3.40. The van der Waals surface area contributed by atoms with Crippen LogP contribution in [0.5, 0.6) is 0 Å². The molecule has 3 nitrogen and oxygen atoms in total. The number of unbranched alkanes of at least 4 members (excludes halogenated alkanes) is 1. The van der Waals surface area contributed by atoms with Crippen LogP contribution in [0.4, 0.5) is 4.79 Å². The number of rotatable bonds is 3. The van der Waals surface area contributed by atoms with Crippen LogP contribution in [0.25, 0.3) is 0 Å².